The fraction of sp³-hybridized carbons (Fsp3) is 0.750. The second-order valence-corrected chi connectivity index (χ2v) is 5.67. The van der Waals surface area contributed by atoms with Crippen molar-refractivity contribution in [3.05, 3.63) is 12.0 Å². The number of aryl methyl sites for hydroxylation is 1. The SMILES string of the molecule is CCCC(C)NCC(C)Sc1nc(C)co1. The van der Waals surface area contributed by atoms with E-state index in [-0.39, 0.29) is 0 Å². The van der Waals surface area contributed by atoms with Gasteiger partial charge in [-0.2, -0.15) is 0 Å². The lowest BCUT2D eigenvalue weighted by Gasteiger charge is -2.15. The van der Waals surface area contributed by atoms with Crippen molar-refractivity contribution in [1.82, 2.24) is 10.3 Å². The van der Waals surface area contributed by atoms with Crippen LogP contribution in [0.25, 0.3) is 0 Å². The second-order valence-electron chi connectivity index (χ2n) is 4.28. The molecule has 2 unspecified atom stereocenters. The van der Waals surface area contributed by atoms with E-state index in [1.165, 1.54) is 12.8 Å². The van der Waals surface area contributed by atoms with E-state index < -0.39 is 0 Å². The van der Waals surface area contributed by atoms with Crippen LogP contribution in [0.15, 0.2) is 15.9 Å². The molecule has 0 fully saturated rings. The Labute approximate surface area is 102 Å². The van der Waals surface area contributed by atoms with Crippen molar-refractivity contribution in [2.75, 3.05) is 6.54 Å². The summed E-state index contributed by atoms with van der Waals surface area (Å²) < 4.78 is 5.31. The van der Waals surface area contributed by atoms with Gasteiger partial charge in [-0.3, -0.25) is 0 Å². The fourth-order valence-electron chi connectivity index (χ4n) is 1.50. The van der Waals surface area contributed by atoms with Crippen LogP contribution in [0.1, 0.15) is 39.3 Å². The van der Waals surface area contributed by atoms with Crippen molar-refractivity contribution in [1.29, 1.82) is 0 Å². The molecule has 3 nitrogen and oxygen atoms in total. The molecule has 0 aromatic carbocycles. The lowest BCUT2D eigenvalue weighted by Crippen LogP contribution is -2.31. The first-order valence-corrected chi connectivity index (χ1v) is 6.82. The van der Waals surface area contributed by atoms with Crippen LogP contribution in [0.5, 0.6) is 0 Å². The van der Waals surface area contributed by atoms with Gasteiger partial charge >= 0.3 is 0 Å². The molecule has 1 aromatic rings. The van der Waals surface area contributed by atoms with Gasteiger partial charge in [-0.15, -0.1) is 0 Å². The number of hydrogen-bond donors (Lipinski definition) is 1. The molecule has 4 heteroatoms. The predicted molar refractivity (Wildman–Crippen MR) is 68.9 cm³/mol. The van der Waals surface area contributed by atoms with E-state index in [0.29, 0.717) is 11.3 Å². The van der Waals surface area contributed by atoms with Gasteiger partial charge in [0.05, 0.1) is 5.69 Å². The third-order valence-corrected chi connectivity index (χ3v) is 3.33. The highest BCUT2D eigenvalue weighted by Gasteiger charge is 2.10. The Hall–Kier alpha value is -0.480. The summed E-state index contributed by atoms with van der Waals surface area (Å²) in [5, 5.41) is 4.78. The molecule has 92 valence electrons. The van der Waals surface area contributed by atoms with Crippen LogP contribution in [0.3, 0.4) is 0 Å². The fourth-order valence-corrected chi connectivity index (χ4v) is 2.33. The first-order valence-electron chi connectivity index (χ1n) is 5.94. The summed E-state index contributed by atoms with van der Waals surface area (Å²) >= 11 is 1.68. The van der Waals surface area contributed by atoms with Crippen LogP contribution in [0, 0.1) is 6.92 Å². The zero-order valence-electron chi connectivity index (χ0n) is 10.6. The minimum Gasteiger partial charge on any atom is -0.440 e. The minimum atomic E-state index is 0.484. The Morgan fingerprint density at radius 3 is 2.81 bits per heavy atom. The molecule has 1 rings (SSSR count). The summed E-state index contributed by atoms with van der Waals surface area (Å²) in [4.78, 5) is 4.28. The second kappa shape index (κ2) is 6.97. The first kappa shape index (κ1) is 13.6. The number of thioether (sulfide) groups is 1. The molecule has 0 spiro atoms. The van der Waals surface area contributed by atoms with E-state index in [1.54, 1.807) is 18.0 Å². The number of rotatable bonds is 7. The Bertz CT molecular complexity index is 301. The molecule has 1 N–H and O–H groups in total. The monoisotopic (exact) mass is 242 g/mol. The summed E-state index contributed by atoms with van der Waals surface area (Å²) in [6.07, 6.45) is 4.16. The third kappa shape index (κ3) is 5.03. The molecule has 0 aliphatic heterocycles. The van der Waals surface area contributed by atoms with Crippen molar-refractivity contribution >= 4 is 11.8 Å². The first-order chi connectivity index (χ1) is 7.61. The zero-order chi connectivity index (χ0) is 12.0. The van der Waals surface area contributed by atoms with Gasteiger partial charge in [0.1, 0.15) is 6.26 Å². The van der Waals surface area contributed by atoms with E-state index in [4.69, 9.17) is 4.42 Å². The Morgan fingerprint density at radius 1 is 1.50 bits per heavy atom. The van der Waals surface area contributed by atoms with Gasteiger partial charge in [-0.1, -0.05) is 32.0 Å². The normalized spacial score (nSPS) is 15.0. The summed E-state index contributed by atoms with van der Waals surface area (Å²) in [5.41, 5.74) is 0.946. The van der Waals surface area contributed by atoms with Gasteiger partial charge in [-0.25, -0.2) is 4.98 Å². The van der Waals surface area contributed by atoms with Gasteiger partial charge in [0, 0.05) is 17.8 Å². The Balaban J connectivity index is 2.23. The maximum atomic E-state index is 5.31. The lowest BCUT2D eigenvalue weighted by atomic mass is 10.2. The molecule has 0 amide bonds. The standard InChI is InChI=1S/C12H22N2OS/c1-5-6-9(2)13-7-11(4)16-12-14-10(3)8-15-12/h8-9,11,13H,5-7H2,1-4H3. The van der Waals surface area contributed by atoms with Crippen LogP contribution in [-0.2, 0) is 0 Å². The van der Waals surface area contributed by atoms with Crippen molar-refractivity contribution in [3.63, 3.8) is 0 Å². The minimum absolute atomic E-state index is 0.484. The molecular weight excluding hydrogens is 220 g/mol. The van der Waals surface area contributed by atoms with E-state index >= 15 is 0 Å². The van der Waals surface area contributed by atoms with Gasteiger partial charge < -0.3 is 9.73 Å². The highest BCUT2D eigenvalue weighted by molar-refractivity contribution is 7.99. The molecule has 1 heterocycles. The maximum absolute atomic E-state index is 5.31. The zero-order valence-corrected chi connectivity index (χ0v) is 11.4. The van der Waals surface area contributed by atoms with Crippen molar-refractivity contribution < 1.29 is 4.42 Å². The largest absolute Gasteiger partial charge is 0.440 e. The van der Waals surface area contributed by atoms with E-state index in [2.05, 4.69) is 31.1 Å². The number of hydrogen-bond acceptors (Lipinski definition) is 4. The average molecular weight is 242 g/mol. The van der Waals surface area contributed by atoms with Crippen molar-refractivity contribution in [2.24, 2.45) is 0 Å². The molecule has 0 bridgehead atoms. The van der Waals surface area contributed by atoms with Crippen LogP contribution in [0.2, 0.25) is 0 Å². The molecule has 2 atom stereocenters. The number of oxazole rings is 1. The quantitative estimate of drug-likeness (QED) is 0.745. The molecule has 0 saturated carbocycles. The summed E-state index contributed by atoms with van der Waals surface area (Å²) in [7, 11) is 0. The topological polar surface area (TPSA) is 38.1 Å². The van der Waals surface area contributed by atoms with Gasteiger partial charge in [0.2, 0.25) is 0 Å². The Kier molecular flexibility index (Phi) is 5.91. The summed E-state index contributed by atoms with van der Waals surface area (Å²) in [6.45, 7) is 9.57. The molecule has 0 aliphatic rings. The molecule has 16 heavy (non-hydrogen) atoms. The molecular formula is C12H22N2OS. The Morgan fingerprint density at radius 2 is 2.25 bits per heavy atom. The highest BCUT2D eigenvalue weighted by atomic mass is 32.2. The third-order valence-electron chi connectivity index (χ3n) is 2.38. The van der Waals surface area contributed by atoms with E-state index in [0.717, 1.165) is 17.5 Å². The molecule has 0 aliphatic carbocycles. The lowest BCUT2D eigenvalue weighted by molar-refractivity contribution is 0.451. The average Bonchev–Trinajstić information content (AvgIpc) is 2.61. The summed E-state index contributed by atoms with van der Waals surface area (Å²) in [5.74, 6) is 0. The van der Waals surface area contributed by atoms with Crippen LogP contribution in [0.4, 0.5) is 0 Å². The van der Waals surface area contributed by atoms with E-state index in [9.17, 15) is 0 Å². The van der Waals surface area contributed by atoms with Crippen LogP contribution >= 0.6 is 11.8 Å². The highest BCUT2D eigenvalue weighted by Crippen LogP contribution is 2.21. The van der Waals surface area contributed by atoms with E-state index in [1.807, 2.05) is 6.92 Å². The van der Waals surface area contributed by atoms with Crippen molar-refractivity contribution in [2.45, 2.75) is 57.1 Å². The van der Waals surface area contributed by atoms with Crippen LogP contribution in [-0.4, -0.2) is 22.8 Å². The van der Waals surface area contributed by atoms with Gasteiger partial charge in [0.15, 0.2) is 0 Å². The van der Waals surface area contributed by atoms with Crippen molar-refractivity contribution in [3.8, 4) is 0 Å². The van der Waals surface area contributed by atoms with Crippen LogP contribution < -0.4 is 5.32 Å². The molecule has 1 aromatic heterocycles. The predicted octanol–water partition coefficient (Wildman–Crippen LogP) is 3.24. The maximum Gasteiger partial charge on any atom is 0.256 e. The smallest absolute Gasteiger partial charge is 0.256 e. The summed E-state index contributed by atoms with van der Waals surface area (Å²) in [6, 6.07) is 0.597. The molecule has 0 saturated heterocycles. The van der Waals surface area contributed by atoms with Gasteiger partial charge in [-0.05, 0) is 20.3 Å². The number of nitrogens with zero attached hydrogens (tertiary/aromatic N) is 1. The number of nitrogens with one attached hydrogen (secondary N) is 1. The number of aromatic nitrogens is 1. The molecule has 0 radical (unpaired) electrons. The van der Waals surface area contributed by atoms with Gasteiger partial charge in [0.25, 0.3) is 5.22 Å².